The van der Waals surface area contributed by atoms with Crippen LogP contribution in [0.15, 0.2) is 29.2 Å². The molecule has 2 bridgehead atoms. The summed E-state index contributed by atoms with van der Waals surface area (Å²) in [5.41, 5.74) is -1.20. The predicted octanol–water partition coefficient (Wildman–Crippen LogP) is -0.0664. The van der Waals surface area contributed by atoms with Crippen LogP contribution in [0.25, 0.3) is 0 Å². The standard InChI is InChI=1S/C18H20O10S/c1-18(2,21)12-11-13-16(28-17(11)20)15(14(12)27-13)25-7-10(19)26-8-3-5-9(6-4-8)29(22,23)24/h3-6,11-16,21H,7H2,1-2H3,(H,22,23,24). The van der Waals surface area contributed by atoms with E-state index in [1.165, 1.54) is 12.1 Å². The lowest BCUT2D eigenvalue weighted by molar-refractivity contribution is -0.150. The van der Waals surface area contributed by atoms with Gasteiger partial charge in [-0.1, -0.05) is 0 Å². The van der Waals surface area contributed by atoms with E-state index >= 15 is 0 Å². The second kappa shape index (κ2) is 6.74. The van der Waals surface area contributed by atoms with Crippen molar-refractivity contribution in [2.24, 2.45) is 11.8 Å². The number of aliphatic hydroxyl groups is 1. The Balaban J connectivity index is 1.39. The average molecular weight is 428 g/mol. The first-order valence-electron chi connectivity index (χ1n) is 8.95. The van der Waals surface area contributed by atoms with E-state index < -0.39 is 70.5 Å². The third-order valence-corrected chi connectivity index (χ3v) is 6.34. The van der Waals surface area contributed by atoms with Crippen LogP contribution in [-0.4, -0.2) is 66.6 Å². The van der Waals surface area contributed by atoms with Gasteiger partial charge in [-0.2, -0.15) is 8.42 Å². The Labute approximate surface area is 166 Å². The van der Waals surface area contributed by atoms with Crippen molar-refractivity contribution in [3.63, 3.8) is 0 Å². The smallest absolute Gasteiger partial charge is 0.337 e. The molecule has 2 N–H and O–H groups in total. The Kier molecular flexibility index (Phi) is 4.70. The zero-order valence-corrected chi connectivity index (χ0v) is 16.4. The molecule has 3 aliphatic rings. The first-order chi connectivity index (χ1) is 13.5. The van der Waals surface area contributed by atoms with Gasteiger partial charge in [0.1, 0.15) is 24.6 Å². The second-order valence-corrected chi connectivity index (χ2v) is 9.29. The van der Waals surface area contributed by atoms with E-state index in [4.69, 9.17) is 23.5 Å². The van der Waals surface area contributed by atoms with Crippen molar-refractivity contribution in [3.8, 4) is 5.75 Å². The highest BCUT2D eigenvalue weighted by atomic mass is 32.2. The van der Waals surface area contributed by atoms with Gasteiger partial charge in [-0.15, -0.1) is 0 Å². The normalized spacial score (nSPS) is 33.0. The fraction of sp³-hybridized carbons (Fsp3) is 0.556. The van der Waals surface area contributed by atoms with E-state index in [2.05, 4.69) is 0 Å². The Bertz CT molecular complexity index is 932. The summed E-state index contributed by atoms with van der Waals surface area (Å²) in [6, 6.07) is 4.62. The Hall–Kier alpha value is -2.05. The summed E-state index contributed by atoms with van der Waals surface area (Å²) in [5, 5.41) is 10.5. The number of ether oxygens (including phenoxy) is 4. The van der Waals surface area contributed by atoms with Crippen LogP contribution in [0.4, 0.5) is 0 Å². The molecule has 11 heteroatoms. The summed E-state index contributed by atoms with van der Waals surface area (Å²) in [6.07, 6.45) is -2.47. The molecule has 3 fully saturated rings. The van der Waals surface area contributed by atoms with Crippen molar-refractivity contribution in [3.05, 3.63) is 24.3 Å². The number of carbonyl (C=O) groups excluding carboxylic acids is 2. The first-order valence-corrected chi connectivity index (χ1v) is 10.4. The fourth-order valence-corrected chi connectivity index (χ4v) is 4.84. The molecule has 0 aliphatic carbocycles. The van der Waals surface area contributed by atoms with Crippen LogP contribution in [0.2, 0.25) is 0 Å². The fourth-order valence-electron chi connectivity index (χ4n) is 4.36. The third-order valence-electron chi connectivity index (χ3n) is 5.47. The molecule has 1 aromatic carbocycles. The van der Waals surface area contributed by atoms with Crippen LogP contribution in [0, 0.1) is 11.8 Å². The Morgan fingerprint density at radius 2 is 1.83 bits per heavy atom. The molecule has 3 aliphatic heterocycles. The Morgan fingerprint density at radius 1 is 1.17 bits per heavy atom. The molecule has 3 saturated heterocycles. The van der Waals surface area contributed by atoms with E-state index in [-0.39, 0.29) is 10.6 Å². The minimum absolute atomic E-state index is 0.0666. The maximum absolute atomic E-state index is 12.2. The van der Waals surface area contributed by atoms with E-state index in [0.717, 1.165) is 12.1 Å². The highest BCUT2D eigenvalue weighted by Gasteiger charge is 2.71. The van der Waals surface area contributed by atoms with Gasteiger partial charge in [0.05, 0.1) is 22.5 Å². The second-order valence-electron chi connectivity index (χ2n) is 7.87. The van der Waals surface area contributed by atoms with Crippen LogP contribution in [0.5, 0.6) is 5.75 Å². The van der Waals surface area contributed by atoms with Gasteiger partial charge < -0.3 is 24.1 Å². The molecule has 10 nitrogen and oxygen atoms in total. The van der Waals surface area contributed by atoms with Crippen LogP contribution < -0.4 is 4.74 Å². The topological polar surface area (TPSA) is 146 Å². The lowest BCUT2D eigenvalue weighted by atomic mass is 9.71. The maximum atomic E-state index is 12.2. The largest absolute Gasteiger partial charge is 0.456 e. The van der Waals surface area contributed by atoms with Gasteiger partial charge in [-0.25, -0.2) is 4.79 Å². The zero-order chi connectivity index (χ0) is 21.1. The quantitative estimate of drug-likeness (QED) is 0.359. The molecule has 3 heterocycles. The number of hydrogen-bond acceptors (Lipinski definition) is 9. The molecule has 6 unspecified atom stereocenters. The number of carbonyl (C=O) groups is 2. The molecule has 0 spiro atoms. The van der Waals surface area contributed by atoms with Crippen molar-refractivity contribution in [1.29, 1.82) is 0 Å². The molecule has 1 aromatic rings. The summed E-state index contributed by atoms with van der Waals surface area (Å²) >= 11 is 0. The lowest BCUT2D eigenvalue weighted by Crippen LogP contribution is -2.51. The molecular weight excluding hydrogens is 408 g/mol. The monoisotopic (exact) mass is 428 g/mol. The molecule has 0 aromatic heterocycles. The highest BCUT2D eigenvalue weighted by Crippen LogP contribution is 2.54. The summed E-state index contributed by atoms with van der Waals surface area (Å²) in [7, 11) is -4.34. The minimum Gasteiger partial charge on any atom is -0.456 e. The summed E-state index contributed by atoms with van der Waals surface area (Å²) in [5.74, 6) is -2.21. The highest BCUT2D eigenvalue weighted by molar-refractivity contribution is 7.85. The number of benzene rings is 1. The number of rotatable bonds is 6. The van der Waals surface area contributed by atoms with E-state index in [1.807, 2.05) is 0 Å². The Morgan fingerprint density at radius 3 is 2.41 bits per heavy atom. The predicted molar refractivity (Wildman–Crippen MR) is 93.5 cm³/mol. The molecule has 29 heavy (non-hydrogen) atoms. The minimum atomic E-state index is -4.34. The van der Waals surface area contributed by atoms with Crippen LogP contribution in [0.3, 0.4) is 0 Å². The molecule has 0 radical (unpaired) electrons. The lowest BCUT2D eigenvalue weighted by Gasteiger charge is -2.35. The van der Waals surface area contributed by atoms with Gasteiger partial charge in [-0.05, 0) is 38.1 Å². The summed E-state index contributed by atoms with van der Waals surface area (Å²) in [4.78, 5) is 23.9. The van der Waals surface area contributed by atoms with Crippen molar-refractivity contribution >= 4 is 22.1 Å². The molecule has 0 amide bonds. The average Bonchev–Trinajstić information content (AvgIpc) is 3.21. The van der Waals surface area contributed by atoms with E-state index in [9.17, 15) is 23.1 Å². The van der Waals surface area contributed by atoms with Gasteiger partial charge >= 0.3 is 11.9 Å². The molecule has 4 rings (SSSR count). The summed E-state index contributed by atoms with van der Waals surface area (Å²) < 4.78 is 52.9. The van der Waals surface area contributed by atoms with Crippen molar-refractivity contribution in [2.45, 2.75) is 48.8 Å². The van der Waals surface area contributed by atoms with Crippen LogP contribution in [-0.2, 0) is 33.9 Å². The van der Waals surface area contributed by atoms with Gasteiger partial charge in [0.15, 0.2) is 6.10 Å². The number of hydrogen-bond donors (Lipinski definition) is 2. The van der Waals surface area contributed by atoms with Crippen LogP contribution >= 0.6 is 0 Å². The van der Waals surface area contributed by atoms with Crippen LogP contribution in [0.1, 0.15) is 13.8 Å². The zero-order valence-electron chi connectivity index (χ0n) is 15.5. The number of esters is 2. The van der Waals surface area contributed by atoms with Crippen molar-refractivity contribution in [1.82, 2.24) is 0 Å². The molecule has 0 saturated carbocycles. The van der Waals surface area contributed by atoms with E-state index in [0.29, 0.717) is 0 Å². The van der Waals surface area contributed by atoms with Gasteiger partial charge in [0.25, 0.3) is 10.1 Å². The van der Waals surface area contributed by atoms with Gasteiger partial charge in [0.2, 0.25) is 0 Å². The van der Waals surface area contributed by atoms with E-state index in [1.54, 1.807) is 13.8 Å². The number of fused-ring (bicyclic) bond motifs is 1. The SMILES string of the molecule is CC(C)(O)C1C2OC3C(OC(=O)C31)C2OCC(=O)Oc1ccc(S(=O)(=O)O)cc1. The van der Waals surface area contributed by atoms with Gasteiger partial charge in [0, 0.05) is 5.92 Å². The third kappa shape index (κ3) is 3.53. The van der Waals surface area contributed by atoms with Crippen molar-refractivity contribution < 1.29 is 46.6 Å². The maximum Gasteiger partial charge on any atom is 0.337 e. The van der Waals surface area contributed by atoms with Gasteiger partial charge in [-0.3, -0.25) is 9.35 Å². The summed E-state index contributed by atoms with van der Waals surface area (Å²) in [6.45, 7) is 2.71. The molecule has 158 valence electrons. The first kappa shape index (κ1) is 20.2. The molecular formula is C18H20O10S. The molecule has 6 atom stereocenters. The van der Waals surface area contributed by atoms with Crippen molar-refractivity contribution in [2.75, 3.05) is 6.61 Å².